The van der Waals surface area contributed by atoms with E-state index in [4.69, 9.17) is 17.3 Å². The first-order valence-electron chi connectivity index (χ1n) is 6.17. The Kier molecular flexibility index (Phi) is 4.50. The van der Waals surface area contributed by atoms with Crippen LogP contribution in [0.5, 0.6) is 0 Å². The Morgan fingerprint density at radius 3 is 2.95 bits per heavy atom. The lowest BCUT2D eigenvalue weighted by Crippen LogP contribution is -2.27. The van der Waals surface area contributed by atoms with Gasteiger partial charge in [-0.2, -0.15) is 5.10 Å². The van der Waals surface area contributed by atoms with E-state index in [1.165, 1.54) is 12.4 Å². The summed E-state index contributed by atoms with van der Waals surface area (Å²) in [5.74, 6) is 0.425. The second-order valence-electron chi connectivity index (χ2n) is 4.37. The summed E-state index contributed by atoms with van der Waals surface area (Å²) in [6, 6.07) is 4.73. The Bertz CT molecular complexity index is 555. The first-order chi connectivity index (χ1) is 9.11. The van der Waals surface area contributed by atoms with Crippen LogP contribution in [-0.2, 0) is 19.4 Å². The van der Waals surface area contributed by atoms with Crippen LogP contribution in [0.4, 0.5) is 4.39 Å². The van der Waals surface area contributed by atoms with Crippen molar-refractivity contribution in [1.82, 2.24) is 14.8 Å². The highest BCUT2D eigenvalue weighted by Gasteiger charge is 2.13. The van der Waals surface area contributed by atoms with Crippen molar-refractivity contribution < 1.29 is 4.39 Å². The Morgan fingerprint density at radius 1 is 1.42 bits per heavy atom. The molecule has 0 radical (unpaired) electrons. The van der Waals surface area contributed by atoms with E-state index in [9.17, 15) is 4.39 Å². The van der Waals surface area contributed by atoms with Crippen molar-refractivity contribution in [2.45, 2.75) is 32.4 Å². The number of hydrogen-bond donors (Lipinski definition) is 1. The molecule has 0 saturated carbocycles. The molecule has 0 spiro atoms. The van der Waals surface area contributed by atoms with E-state index in [0.29, 0.717) is 18.4 Å². The SMILES string of the molecule is CCn1ncnc1CC(N)Cc1cccc(Cl)c1F. The summed E-state index contributed by atoms with van der Waals surface area (Å²) >= 11 is 5.75. The number of aromatic nitrogens is 3. The first kappa shape index (κ1) is 14.0. The van der Waals surface area contributed by atoms with Gasteiger partial charge in [-0.1, -0.05) is 23.7 Å². The van der Waals surface area contributed by atoms with Gasteiger partial charge in [0.1, 0.15) is 18.0 Å². The zero-order valence-electron chi connectivity index (χ0n) is 10.7. The van der Waals surface area contributed by atoms with Crippen LogP contribution in [0.3, 0.4) is 0 Å². The van der Waals surface area contributed by atoms with Crippen molar-refractivity contribution >= 4 is 11.6 Å². The van der Waals surface area contributed by atoms with Gasteiger partial charge in [0.05, 0.1) is 5.02 Å². The van der Waals surface area contributed by atoms with Gasteiger partial charge < -0.3 is 5.73 Å². The minimum absolute atomic E-state index is 0.126. The molecule has 0 aliphatic heterocycles. The zero-order valence-corrected chi connectivity index (χ0v) is 11.4. The van der Waals surface area contributed by atoms with Crippen LogP contribution >= 0.6 is 11.6 Å². The van der Waals surface area contributed by atoms with E-state index in [-0.39, 0.29) is 11.1 Å². The quantitative estimate of drug-likeness (QED) is 0.915. The second kappa shape index (κ2) is 6.12. The van der Waals surface area contributed by atoms with Crippen molar-refractivity contribution in [3.63, 3.8) is 0 Å². The first-order valence-corrected chi connectivity index (χ1v) is 6.54. The molecular weight excluding hydrogens is 267 g/mol. The molecule has 1 heterocycles. The van der Waals surface area contributed by atoms with Crippen LogP contribution in [0.1, 0.15) is 18.3 Å². The molecule has 2 aromatic rings. The van der Waals surface area contributed by atoms with Gasteiger partial charge in [0.25, 0.3) is 0 Å². The maximum atomic E-state index is 13.8. The van der Waals surface area contributed by atoms with Gasteiger partial charge in [0.15, 0.2) is 0 Å². The minimum Gasteiger partial charge on any atom is -0.327 e. The van der Waals surface area contributed by atoms with Crippen LogP contribution in [0.25, 0.3) is 0 Å². The molecule has 0 fully saturated rings. The molecule has 6 heteroatoms. The molecule has 19 heavy (non-hydrogen) atoms. The average Bonchev–Trinajstić information content (AvgIpc) is 2.82. The van der Waals surface area contributed by atoms with Gasteiger partial charge in [-0.05, 0) is 25.0 Å². The Hall–Kier alpha value is -1.46. The van der Waals surface area contributed by atoms with Gasteiger partial charge in [0.2, 0.25) is 0 Å². The molecule has 0 aliphatic carbocycles. The Labute approximate surface area is 116 Å². The fraction of sp³-hybridized carbons (Fsp3) is 0.385. The van der Waals surface area contributed by atoms with Gasteiger partial charge in [-0.25, -0.2) is 9.37 Å². The van der Waals surface area contributed by atoms with E-state index in [0.717, 1.165) is 12.4 Å². The summed E-state index contributed by atoms with van der Waals surface area (Å²) in [4.78, 5) is 4.16. The molecule has 0 saturated heterocycles. The molecule has 1 atom stereocenters. The van der Waals surface area contributed by atoms with Gasteiger partial charge in [-0.3, -0.25) is 4.68 Å². The standard InChI is InChI=1S/C13H16ClFN4/c1-2-19-12(17-8-18-19)7-10(16)6-9-4-3-5-11(14)13(9)15/h3-5,8,10H,2,6-7,16H2,1H3. The molecular formula is C13H16ClFN4. The van der Waals surface area contributed by atoms with Crippen molar-refractivity contribution in [1.29, 1.82) is 0 Å². The molecule has 1 aromatic carbocycles. The molecule has 0 bridgehead atoms. The predicted octanol–water partition coefficient (Wildman–Crippen LogP) is 2.20. The maximum absolute atomic E-state index is 13.8. The fourth-order valence-electron chi connectivity index (χ4n) is 2.01. The highest BCUT2D eigenvalue weighted by molar-refractivity contribution is 6.30. The lowest BCUT2D eigenvalue weighted by atomic mass is 10.0. The third kappa shape index (κ3) is 3.30. The van der Waals surface area contributed by atoms with Crippen LogP contribution in [0.15, 0.2) is 24.5 Å². The van der Waals surface area contributed by atoms with Crippen LogP contribution in [0.2, 0.25) is 5.02 Å². The largest absolute Gasteiger partial charge is 0.327 e. The molecule has 1 unspecified atom stereocenters. The number of nitrogens with two attached hydrogens (primary N) is 1. The van der Waals surface area contributed by atoms with Crippen LogP contribution in [0, 0.1) is 5.82 Å². The molecule has 1 aromatic heterocycles. The summed E-state index contributed by atoms with van der Waals surface area (Å²) in [5.41, 5.74) is 6.58. The normalized spacial score (nSPS) is 12.6. The van der Waals surface area contributed by atoms with Crippen LogP contribution in [-0.4, -0.2) is 20.8 Å². The van der Waals surface area contributed by atoms with Crippen LogP contribution < -0.4 is 5.73 Å². The lowest BCUT2D eigenvalue weighted by Gasteiger charge is -2.12. The summed E-state index contributed by atoms with van der Waals surface area (Å²) in [7, 11) is 0. The zero-order chi connectivity index (χ0) is 13.8. The molecule has 2 N–H and O–H groups in total. The molecule has 2 rings (SSSR count). The molecule has 0 aliphatic rings. The second-order valence-corrected chi connectivity index (χ2v) is 4.78. The van der Waals surface area contributed by atoms with Crippen molar-refractivity contribution in [2.75, 3.05) is 0 Å². The smallest absolute Gasteiger partial charge is 0.145 e. The number of hydrogen-bond acceptors (Lipinski definition) is 3. The fourth-order valence-corrected chi connectivity index (χ4v) is 2.20. The van der Waals surface area contributed by atoms with Gasteiger partial charge >= 0.3 is 0 Å². The van der Waals surface area contributed by atoms with E-state index in [1.54, 1.807) is 16.8 Å². The van der Waals surface area contributed by atoms with Crippen molar-refractivity contribution in [2.24, 2.45) is 5.73 Å². The predicted molar refractivity (Wildman–Crippen MR) is 72.5 cm³/mol. The highest BCUT2D eigenvalue weighted by atomic mass is 35.5. The number of benzene rings is 1. The van der Waals surface area contributed by atoms with E-state index < -0.39 is 5.82 Å². The number of nitrogens with zero attached hydrogens (tertiary/aromatic N) is 3. The summed E-state index contributed by atoms with van der Waals surface area (Å²) in [6.45, 7) is 2.73. The average molecular weight is 283 g/mol. The number of rotatable bonds is 5. The highest BCUT2D eigenvalue weighted by Crippen LogP contribution is 2.19. The third-order valence-electron chi connectivity index (χ3n) is 2.95. The third-order valence-corrected chi connectivity index (χ3v) is 3.25. The van der Waals surface area contributed by atoms with E-state index in [2.05, 4.69) is 10.1 Å². The Balaban J connectivity index is 2.05. The van der Waals surface area contributed by atoms with E-state index >= 15 is 0 Å². The molecule has 102 valence electrons. The van der Waals surface area contributed by atoms with Crippen molar-refractivity contribution in [3.8, 4) is 0 Å². The molecule has 4 nitrogen and oxygen atoms in total. The number of halogens is 2. The molecule has 0 amide bonds. The lowest BCUT2D eigenvalue weighted by molar-refractivity contribution is 0.551. The summed E-state index contributed by atoms with van der Waals surface area (Å²) < 4.78 is 15.6. The topological polar surface area (TPSA) is 56.7 Å². The van der Waals surface area contributed by atoms with Gasteiger partial charge in [0, 0.05) is 19.0 Å². The monoisotopic (exact) mass is 282 g/mol. The van der Waals surface area contributed by atoms with Gasteiger partial charge in [-0.15, -0.1) is 0 Å². The number of aryl methyl sites for hydroxylation is 1. The maximum Gasteiger partial charge on any atom is 0.145 e. The van der Waals surface area contributed by atoms with Crippen molar-refractivity contribution in [3.05, 3.63) is 46.8 Å². The van der Waals surface area contributed by atoms with E-state index in [1.807, 2.05) is 6.92 Å². The summed E-state index contributed by atoms with van der Waals surface area (Å²) in [5, 5.41) is 4.21. The minimum atomic E-state index is -0.392. The summed E-state index contributed by atoms with van der Waals surface area (Å²) in [6.07, 6.45) is 2.48. The Morgan fingerprint density at radius 2 is 2.21 bits per heavy atom.